The number of hydrogen-bond donors (Lipinski definition) is 1. The van der Waals surface area contributed by atoms with Crippen molar-refractivity contribution in [3.8, 4) is 5.82 Å². The van der Waals surface area contributed by atoms with Gasteiger partial charge < -0.3 is 5.32 Å². The van der Waals surface area contributed by atoms with Gasteiger partial charge in [0.05, 0.1) is 20.4 Å². The first-order chi connectivity index (χ1) is 10.1. The first-order valence-electron chi connectivity index (χ1n) is 6.16. The van der Waals surface area contributed by atoms with Crippen LogP contribution < -0.4 is 5.32 Å². The highest BCUT2D eigenvalue weighted by molar-refractivity contribution is 7.20. The van der Waals surface area contributed by atoms with E-state index < -0.39 is 0 Å². The molecule has 0 fully saturated rings. The van der Waals surface area contributed by atoms with Crippen LogP contribution in [0.25, 0.3) is 5.82 Å². The van der Waals surface area contributed by atoms with Gasteiger partial charge in [-0.2, -0.15) is 5.10 Å². The topological polar surface area (TPSA) is 55.6 Å². The van der Waals surface area contributed by atoms with Crippen LogP contribution in [0.2, 0.25) is 8.67 Å². The minimum absolute atomic E-state index is 0.00674. The molecule has 0 aliphatic rings. The van der Waals surface area contributed by atoms with E-state index in [0.29, 0.717) is 14.5 Å². The van der Waals surface area contributed by atoms with Crippen LogP contribution in [-0.2, 0) is 0 Å². The number of nitrogens with zero attached hydrogens (tertiary/aromatic N) is 4. The maximum absolute atomic E-state index is 6.20. The third kappa shape index (κ3) is 3.02. The van der Waals surface area contributed by atoms with Gasteiger partial charge in [-0.25, -0.2) is 14.6 Å². The van der Waals surface area contributed by atoms with Gasteiger partial charge in [0, 0.05) is 11.8 Å². The van der Waals surface area contributed by atoms with Crippen LogP contribution in [-0.4, -0.2) is 19.7 Å². The molecule has 21 heavy (non-hydrogen) atoms. The predicted molar refractivity (Wildman–Crippen MR) is 85.5 cm³/mol. The van der Waals surface area contributed by atoms with E-state index in [4.69, 9.17) is 23.2 Å². The Labute approximate surface area is 135 Å². The number of thiophene rings is 1. The number of aromatic nitrogens is 4. The normalized spacial score (nSPS) is 12.3. The molecule has 3 aromatic heterocycles. The minimum atomic E-state index is -0.00674. The van der Waals surface area contributed by atoms with E-state index in [1.54, 1.807) is 17.2 Å². The summed E-state index contributed by atoms with van der Waals surface area (Å²) in [6.07, 6.45) is 4.78. The summed E-state index contributed by atoms with van der Waals surface area (Å²) < 4.78 is 2.97. The predicted octanol–water partition coefficient (Wildman–Crippen LogP) is 4.20. The fraction of sp³-hybridized carbons (Fsp3) is 0.154. The molecule has 0 aliphatic carbocycles. The lowest BCUT2D eigenvalue weighted by Crippen LogP contribution is -2.10. The van der Waals surface area contributed by atoms with E-state index in [0.717, 1.165) is 11.3 Å². The first-order valence-corrected chi connectivity index (χ1v) is 7.73. The fourth-order valence-corrected chi connectivity index (χ4v) is 3.61. The fourth-order valence-electron chi connectivity index (χ4n) is 1.97. The summed E-state index contributed by atoms with van der Waals surface area (Å²) in [6.45, 7) is 2.02. The number of hydrogen-bond acceptors (Lipinski definition) is 5. The molecule has 3 rings (SSSR count). The van der Waals surface area contributed by atoms with Crippen molar-refractivity contribution in [1.82, 2.24) is 19.7 Å². The molecule has 0 saturated heterocycles. The Hall–Kier alpha value is -1.63. The van der Waals surface area contributed by atoms with Crippen molar-refractivity contribution in [3.63, 3.8) is 0 Å². The van der Waals surface area contributed by atoms with Gasteiger partial charge in [0.25, 0.3) is 0 Å². The van der Waals surface area contributed by atoms with Gasteiger partial charge in [-0.15, -0.1) is 11.3 Å². The zero-order chi connectivity index (χ0) is 14.8. The summed E-state index contributed by atoms with van der Waals surface area (Å²) in [6, 6.07) is 5.66. The average molecular weight is 340 g/mol. The molecule has 5 nitrogen and oxygen atoms in total. The molecule has 0 radical (unpaired) electrons. The first kappa shape index (κ1) is 14.3. The van der Waals surface area contributed by atoms with Crippen LogP contribution in [0.5, 0.6) is 0 Å². The number of rotatable bonds is 4. The molecule has 1 N–H and O–H groups in total. The van der Waals surface area contributed by atoms with Crippen molar-refractivity contribution < 1.29 is 0 Å². The Bertz CT molecular complexity index is 741. The van der Waals surface area contributed by atoms with Gasteiger partial charge in [0.2, 0.25) is 0 Å². The lowest BCUT2D eigenvalue weighted by Gasteiger charge is -2.16. The highest BCUT2D eigenvalue weighted by atomic mass is 35.5. The zero-order valence-corrected chi connectivity index (χ0v) is 13.3. The molecule has 0 amide bonds. The van der Waals surface area contributed by atoms with Crippen LogP contribution in [0.3, 0.4) is 0 Å². The third-order valence-electron chi connectivity index (χ3n) is 2.94. The molecule has 1 unspecified atom stereocenters. The Morgan fingerprint density at radius 2 is 2.24 bits per heavy atom. The van der Waals surface area contributed by atoms with Crippen molar-refractivity contribution >= 4 is 40.2 Å². The van der Waals surface area contributed by atoms with Crippen molar-refractivity contribution in [2.45, 2.75) is 13.0 Å². The third-order valence-corrected chi connectivity index (χ3v) is 4.46. The monoisotopic (exact) mass is 339 g/mol. The SMILES string of the molecule is CC(Nc1cccnc1-n1cncn1)c1cc(Cl)sc1Cl. The van der Waals surface area contributed by atoms with E-state index in [1.165, 1.54) is 17.7 Å². The van der Waals surface area contributed by atoms with Gasteiger partial charge in [0.1, 0.15) is 12.7 Å². The Morgan fingerprint density at radius 3 is 2.90 bits per heavy atom. The molecule has 0 spiro atoms. The van der Waals surface area contributed by atoms with Gasteiger partial charge in [-0.1, -0.05) is 23.2 Å². The average Bonchev–Trinajstić information content (AvgIpc) is 3.09. The van der Waals surface area contributed by atoms with Crippen molar-refractivity contribution in [3.05, 3.63) is 51.3 Å². The standard InChI is InChI=1S/C13H11Cl2N5S/c1-8(9-5-11(14)21-12(9)15)19-10-3-2-4-17-13(10)20-7-16-6-18-20/h2-8,19H,1H3. The molecule has 1 atom stereocenters. The summed E-state index contributed by atoms with van der Waals surface area (Å²) in [5.41, 5.74) is 1.80. The summed E-state index contributed by atoms with van der Waals surface area (Å²) in [4.78, 5) is 8.28. The second-order valence-corrected chi connectivity index (χ2v) is 6.65. The quantitative estimate of drug-likeness (QED) is 0.773. The molecule has 0 bridgehead atoms. The van der Waals surface area contributed by atoms with Crippen molar-refractivity contribution in [2.75, 3.05) is 5.32 Å². The summed E-state index contributed by atoms with van der Waals surface area (Å²) in [5, 5.41) is 7.49. The molecule has 0 saturated carbocycles. The molecule has 0 aliphatic heterocycles. The second kappa shape index (κ2) is 6.01. The lowest BCUT2D eigenvalue weighted by atomic mass is 10.2. The van der Waals surface area contributed by atoms with Crippen LogP contribution in [0.4, 0.5) is 5.69 Å². The maximum atomic E-state index is 6.20. The Morgan fingerprint density at radius 1 is 1.38 bits per heavy atom. The molecule has 108 valence electrons. The Balaban J connectivity index is 1.90. The van der Waals surface area contributed by atoms with E-state index in [-0.39, 0.29) is 6.04 Å². The molecule has 8 heteroatoms. The highest BCUT2D eigenvalue weighted by Gasteiger charge is 2.15. The minimum Gasteiger partial charge on any atom is -0.375 e. The second-order valence-electron chi connectivity index (χ2n) is 4.36. The summed E-state index contributed by atoms with van der Waals surface area (Å²) in [5.74, 6) is 0.680. The van der Waals surface area contributed by atoms with E-state index in [1.807, 2.05) is 25.1 Å². The van der Waals surface area contributed by atoms with E-state index >= 15 is 0 Å². The molecule has 3 heterocycles. The van der Waals surface area contributed by atoms with Gasteiger partial charge >= 0.3 is 0 Å². The van der Waals surface area contributed by atoms with Crippen LogP contribution in [0, 0.1) is 0 Å². The van der Waals surface area contributed by atoms with E-state index in [2.05, 4.69) is 20.4 Å². The summed E-state index contributed by atoms with van der Waals surface area (Å²) in [7, 11) is 0. The number of nitrogens with one attached hydrogen (secondary N) is 1. The van der Waals surface area contributed by atoms with Crippen LogP contribution >= 0.6 is 34.5 Å². The maximum Gasteiger partial charge on any atom is 0.178 e. The van der Waals surface area contributed by atoms with Gasteiger partial charge in [-0.3, -0.25) is 0 Å². The van der Waals surface area contributed by atoms with Gasteiger partial charge in [-0.05, 0) is 25.1 Å². The van der Waals surface area contributed by atoms with Crippen molar-refractivity contribution in [2.24, 2.45) is 0 Å². The molecular weight excluding hydrogens is 329 g/mol. The lowest BCUT2D eigenvalue weighted by molar-refractivity contribution is 0.829. The van der Waals surface area contributed by atoms with Crippen molar-refractivity contribution in [1.29, 1.82) is 0 Å². The summed E-state index contributed by atoms with van der Waals surface area (Å²) >= 11 is 13.6. The number of halogens is 2. The smallest absolute Gasteiger partial charge is 0.178 e. The molecule has 0 aromatic carbocycles. The largest absolute Gasteiger partial charge is 0.375 e. The zero-order valence-electron chi connectivity index (χ0n) is 11.0. The highest BCUT2D eigenvalue weighted by Crippen LogP contribution is 2.36. The van der Waals surface area contributed by atoms with Gasteiger partial charge in [0.15, 0.2) is 5.82 Å². The number of anilines is 1. The molecular formula is C13H11Cl2N5S. The van der Waals surface area contributed by atoms with E-state index in [9.17, 15) is 0 Å². The Kier molecular flexibility index (Phi) is 4.10. The number of pyridine rings is 1. The van der Waals surface area contributed by atoms with Crippen LogP contribution in [0.1, 0.15) is 18.5 Å². The van der Waals surface area contributed by atoms with Crippen LogP contribution in [0.15, 0.2) is 37.1 Å². The molecule has 3 aromatic rings.